The maximum absolute atomic E-state index is 13.8. The van der Waals surface area contributed by atoms with Crippen LogP contribution in [0.4, 0.5) is 0 Å². The second-order valence-electron chi connectivity index (χ2n) is 8.16. The lowest BCUT2D eigenvalue weighted by Crippen LogP contribution is -2.60. The largest absolute Gasteiger partial charge is 0.296 e. The molecule has 7 heteroatoms. The predicted molar refractivity (Wildman–Crippen MR) is 127 cm³/mol. The van der Waals surface area contributed by atoms with Gasteiger partial charge in [0.1, 0.15) is 0 Å². The van der Waals surface area contributed by atoms with Gasteiger partial charge >= 0.3 is 0 Å². The van der Waals surface area contributed by atoms with Crippen LogP contribution in [0.25, 0.3) is 0 Å². The third-order valence-corrected chi connectivity index (χ3v) is 7.20. The second kappa shape index (κ2) is 8.52. The lowest BCUT2D eigenvalue weighted by Gasteiger charge is -2.44. The summed E-state index contributed by atoms with van der Waals surface area (Å²) in [6, 6.07) is 16.8. The molecule has 1 aliphatic carbocycles. The Bertz CT molecular complexity index is 1170. The Morgan fingerprint density at radius 1 is 0.906 bits per heavy atom. The van der Waals surface area contributed by atoms with Crippen LogP contribution >= 0.6 is 27.5 Å². The minimum absolute atomic E-state index is 0.169. The number of carbonyl (C=O) groups is 2. The Morgan fingerprint density at radius 3 is 2.16 bits per heavy atom. The molecule has 5 rings (SSSR count). The molecule has 1 saturated heterocycles. The molecule has 162 valence electrons. The van der Waals surface area contributed by atoms with Gasteiger partial charge in [-0.2, -0.15) is 0 Å². The van der Waals surface area contributed by atoms with E-state index in [9.17, 15) is 9.59 Å². The Labute approximate surface area is 200 Å². The molecule has 0 saturated carbocycles. The maximum Gasteiger partial charge on any atom is 0.196 e. The van der Waals surface area contributed by atoms with E-state index >= 15 is 0 Å². The molecular formula is C25H21BrClN3O2. The first kappa shape index (κ1) is 21.5. The lowest BCUT2D eigenvalue weighted by molar-refractivity contribution is 0.0278. The van der Waals surface area contributed by atoms with Crippen molar-refractivity contribution in [1.29, 1.82) is 0 Å². The van der Waals surface area contributed by atoms with Crippen LogP contribution in [0.15, 0.2) is 71.5 Å². The summed E-state index contributed by atoms with van der Waals surface area (Å²) >= 11 is 9.81. The lowest BCUT2D eigenvalue weighted by atomic mass is 9.83. The van der Waals surface area contributed by atoms with Crippen LogP contribution in [0.1, 0.15) is 31.8 Å². The van der Waals surface area contributed by atoms with Gasteiger partial charge < -0.3 is 0 Å². The molecule has 0 atom stereocenters. The van der Waals surface area contributed by atoms with Gasteiger partial charge in [-0.15, -0.1) is 0 Å². The van der Waals surface area contributed by atoms with Gasteiger partial charge in [-0.25, -0.2) is 0 Å². The summed E-state index contributed by atoms with van der Waals surface area (Å²) in [5.41, 5.74) is 1.27. The quantitative estimate of drug-likeness (QED) is 0.481. The number of fused-ring (bicyclic) bond motifs is 1. The van der Waals surface area contributed by atoms with Gasteiger partial charge in [0, 0.05) is 71.3 Å². The second-order valence-corrected chi connectivity index (χ2v) is 9.48. The molecule has 0 bridgehead atoms. The first-order valence-electron chi connectivity index (χ1n) is 10.5. The van der Waals surface area contributed by atoms with Crippen LogP contribution in [-0.2, 0) is 12.1 Å². The number of hydrogen-bond acceptors (Lipinski definition) is 5. The summed E-state index contributed by atoms with van der Waals surface area (Å²) in [5.74, 6) is -0.338. The number of Topliss-reactive ketones (excluding diaryl/α,β-unsaturated/α-hetero) is 2. The van der Waals surface area contributed by atoms with Crippen LogP contribution in [0.3, 0.4) is 0 Å². The monoisotopic (exact) mass is 509 g/mol. The van der Waals surface area contributed by atoms with Crippen LogP contribution < -0.4 is 0 Å². The van der Waals surface area contributed by atoms with Gasteiger partial charge in [0.05, 0.1) is 0 Å². The summed E-state index contributed by atoms with van der Waals surface area (Å²) in [6.07, 6.45) is 3.30. The summed E-state index contributed by atoms with van der Waals surface area (Å²) in [6.45, 7) is 3.36. The minimum atomic E-state index is -1.38. The molecule has 2 heterocycles. The maximum atomic E-state index is 13.8. The Morgan fingerprint density at radius 2 is 1.53 bits per heavy atom. The number of hydrogen-bond donors (Lipinski definition) is 0. The molecule has 1 aromatic heterocycles. The van der Waals surface area contributed by atoms with Crippen molar-refractivity contribution in [2.75, 3.05) is 26.2 Å². The van der Waals surface area contributed by atoms with E-state index in [2.05, 4.69) is 25.8 Å². The van der Waals surface area contributed by atoms with Crippen molar-refractivity contribution in [3.8, 4) is 0 Å². The third-order valence-electron chi connectivity index (χ3n) is 6.39. The molecule has 2 aliphatic rings. The highest BCUT2D eigenvalue weighted by atomic mass is 79.9. The topological polar surface area (TPSA) is 53.5 Å². The first-order chi connectivity index (χ1) is 15.5. The SMILES string of the molecule is O=C1c2ccccc2C(=O)C1(c1cncc(Br)c1)N1CCN(Cc2ccccc2Cl)CC1. The zero-order chi connectivity index (χ0) is 22.3. The molecule has 32 heavy (non-hydrogen) atoms. The molecule has 0 amide bonds. The van der Waals surface area contributed by atoms with Crippen molar-refractivity contribution in [2.24, 2.45) is 0 Å². The molecule has 1 fully saturated rings. The average Bonchev–Trinajstić information content (AvgIpc) is 3.04. The van der Waals surface area contributed by atoms with Gasteiger partial charge in [-0.05, 0) is 33.6 Å². The first-order valence-corrected chi connectivity index (χ1v) is 11.7. The van der Waals surface area contributed by atoms with Crippen molar-refractivity contribution in [3.05, 3.63) is 98.7 Å². The summed E-state index contributed by atoms with van der Waals surface area (Å²) in [7, 11) is 0. The Kier molecular flexibility index (Phi) is 5.72. The van der Waals surface area contributed by atoms with Crippen LogP contribution in [0.5, 0.6) is 0 Å². The molecule has 0 radical (unpaired) electrons. The number of ketones is 2. The highest BCUT2D eigenvalue weighted by Gasteiger charge is 2.58. The third kappa shape index (κ3) is 3.42. The number of benzene rings is 2. The van der Waals surface area contributed by atoms with Crippen LogP contribution in [-0.4, -0.2) is 52.5 Å². The fourth-order valence-electron chi connectivity index (χ4n) is 4.82. The van der Waals surface area contributed by atoms with Gasteiger partial charge in [0.25, 0.3) is 0 Å². The zero-order valence-corrected chi connectivity index (χ0v) is 19.6. The fraction of sp³-hybridized carbons (Fsp3) is 0.240. The van der Waals surface area contributed by atoms with E-state index in [4.69, 9.17) is 11.6 Å². The zero-order valence-electron chi connectivity index (χ0n) is 17.3. The van der Waals surface area contributed by atoms with E-state index in [1.165, 1.54) is 0 Å². The standard InChI is InChI=1S/C25H21BrClN3O2/c26-19-13-18(14-28-15-19)25(23(31)20-6-2-3-7-21(20)24(25)32)30-11-9-29(10-12-30)16-17-5-1-4-8-22(17)27/h1-8,13-15H,9-12,16H2. The Hall–Kier alpha value is -2.38. The molecule has 0 spiro atoms. The average molecular weight is 511 g/mol. The van der Waals surface area contributed by atoms with E-state index < -0.39 is 5.54 Å². The summed E-state index contributed by atoms with van der Waals surface area (Å²) < 4.78 is 0.739. The molecule has 0 N–H and O–H groups in total. The molecule has 5 nitrogen and oxygen atoms in total. The Balaban J connectivity index is 1.48. The van der Waals surface area contributed by atoms with E-state index in [-0.39, 0.29) is 11.6 Å². The van der Waals surface area contributed by atoms with Crippen molar-refractivity contribution in [1.82, 2.24) is 14.8 Å². The summed E-state index contributed by atoms with van der Waals surface area (Å²) in [4.78, 5) is 36.3. The molecule has 0 unspecified atom stereocenters. The number of rotatable bonds is 4. The number of carbonyl (C=O) groups excluding carboxylic acids is 2. The van der Waals surface area contributed by atoms with Gasteiger partial charge in [-0.3, -0.25) is 24.4 Å². The van der Waals surface area contributed by atoms with Gasteiger partial charge in [0.2, 0.25) is 0 Å². The van der Waals surface area contributed by atoms with E-state index in [0.29, 0.717) is 29.8 Å². The predicted octanol–water partition coefficient (Wildman–Crippen LogP) is 4.59. The fourth-order valence-corrected chi connectivity index (χ4v) is 5.38. The highest BCUT2D eigenvalue weighted by Crippen LogP contribution is 2.43. The van der Waals surface area contributed by atoms with E-state index in [1.807, 2.05) is 35.2 Å². The van der Waals surface area contributed by atoms with Crippen LogP contribution in [0.2, 0.25) is 5.02 Å². The molecule has 2 aromatic carbocycles. The van der Waals surface area contributed by atoms with Gasteiger partial charge in [-0.1, -0.05) is 54.1 Å². The molecular weight excluding hydrogens is 490 g/mol. The van der Waals surface area contributed by atoms with Crippen molar-refractivity contribution < 1.29 is 9.59 Å². The smallest absolute Gasteiger partial charge is 0.196 e. The normalized spacial score (nSPS) is 18.7. The van der Waals surface area contributed by atoms with Gasteiger partial charge in [0.15, 0.2) is 17.1 Å². The number of nitrogens with zero attached hydrogens (tertiary/aromatic N) is 3. The van der Waals surface area contributed by atoms with Crippen molar-refractivity contribution >= 4 is 39.1 Å². The van der Waals surface area contributed by atoms with Crippen LogP contribution in [0, 0.1) is 0 Å². The molecule has 1 aliphatic heterocycles. The highest BCUT2D eigenvalue weighted by molar-refractivity contribution is 9.10. The number of piperazine rings is 1. The van der Waals surface area contributed by atoms with Crippen molar-refractivity contribution in [2.45, 2.75) is 12.1 Å². The van der Waals surface area contributed by atoms with E-state index in [1.54, 1.807) is 36.7 Å². The number of halogens is 2. The van der Waals surface area contributed by atoms with E-state index in [0.717, 1.165) is 34.7 Å². The van der Waals surface area contributed by atoms with Crippen molar-refractivity contribution in [3.63, 3.8) is 0 Å². The number of pyridine rings is 1. The molecule has 3 aromatic rings. The minimum Gasteiger partial charge on any atom is -0.296 e. The number of aromatic nitrogens is 1. The summed E-state index contributed by atoms with van der Waals surface area (Å²) in [5, 5.41) is 0.753.